The molecule has 222 valence electrons. The molecule has 5 rings (SSSR count). The van der Waals surface area contributed by atoms with Crippen molar-refractivity contribution >= 4 is 27.3 Å². The number of carbonyl (C=O) groups excluding carboxylic acids is 1. The SMILES string of the molecule is COc1cc([C@@H](O)[C@@H](CC2Cc3ccccc3C2)Cn2ccc(CC(=O)NS(=O)(=O)c3cccs3)c2)cc(OC)c1C. The predicted molar refractivity (Wildman–Crippen MR) is 162 cm³/mol. The van der Waals surface area contributed by atoms with Crippen molar-refractivity contribution in [2.45, 2.75) is 49.5 Å². The summed E-state index contributed by atoms with van der Waals surface area (Å²) in [5.41, 5.74) is 5.00. The second kappa shape index (κ2) is 12.7. The van der Waals surface area contributed by atoms with Gasteiger partial charge in [0.25, 0.3) is 10.0 Å². The quantitative estimate of drug-likeness (QED) is 0.232. The van der Waals surface area contributed by atoms with E-state index in [4.69, 9.17) is 9.47 Å². The molecule has 0 unspecified atom stereocenters. The second-order valence-electron chi connectivity index (χ2n) is 10.9. The van der Waals surface area contributed by atoms with Crippen LogP contribution in [-0.4, -0.2) is 38.2 Å². The number of methoxy groups -OCH3 is 2. The van der Waals surface area contributed by atoms with Gasteiger partial charge in [0.1, 0.15) is 15.7 Å². The summed E-state index contributed by atoms with van der Waals surface area (Å²) in [6, 6.07) is 17.1. The zero-order valence-electron chi connectivity index (χ0n) is 23.9. The normalized spacial score (nSPS) is 14.8. The highest BCUT2D eigenvalue weighted by Crippen LogP contribution is 2.39. The standard InChI is InChI=1S/C32H36N2O6S2/c1-21-28(39-2)17-26(18-29(21)40-3)32(36)27(15-23-13-24-7-4-5-8-25(24)14-23)20-34-11-10-22(19-34)16-30(35)33-42(37,38)31-9-6-12-41-31/h4-12,17-19,23,27,32,36H,13-16,20H2,1-3H3,(H,33,35)/t27-,32+/m0/s1. The summed E-state index contributed by atoms with van der Waals surface area (Å²) in [4.78, 5) is 12.6. The molecule has 2 aromatic carbocycles. The number of benzene rings is 2. The van der Waals surface area contributed by atoms with Crippen molar-refractivity contribution in [1.82, 2.24) is 9.29 Å². The van der Waals surface area contributed by atoms with Gasteiger partial charge in [-0.25, -0.2) is 13.1 Å². The van der Waals surface area contributed by atoms with Gasteiger partial charge >= 0.3 is 0 Å². The molecule has 2 aromatic heterocycles. The average Bonchev–Trinajstić information content (AvgIpc) is 3.73. The molecule has 0 saturated carbocycles. The number of rotatable bonds is 12. The van der Waals surface area contributed by atoms with Crippen LogP contribution in [0.2, 0.25) is 0 Å². The molecular weight excluding hydrogens is 572 g/mol. The first-order chi connectivity index (χ1) is 20.2. The van der Waals surface area contributed by atoms with Crippen molar-refractivity contribution in [3.8, 4) is 11.5 Å². The van der Waals surface area contributed by atoms with E-state index in [-0.39, 0.29) is 16.5 Å². The minimum absolute atomic E-state index is 0.0743. The predicted octanol–water partition coefficient (Wildman–Crippen LogP) is 5.08. The fourth-order valence-electron chi connectivity index (χ4n) is 5.91. The zero-order valence-corrected chi connectivity index (χ0v) is 25.6. The first-order valence-corrected chi connectivity index (χ1v) is 16.2. The van der Waals surface area contributed by atoms with Crippen LogP contribution in [0, 0.1) is 18.8 Å². The van der Waals surface area contributed by atoms with Crippen molar-refractivity contribution < 1.29 is 27.8 Å². The smallest absolute Gasteiger partial charge is 0.273 e. The molecule has 2 heterocycles. The Labute approximate surface area is 251 Å². The van der Waals surface area contributed by atoms with E-state index in [1.807, 2.05) is 42.1 Å². The molecule has 0 radical (unpaired) electrons. The van der Waals surface area contributed by atoms with Gasteiger partial charge < -0.3 is 19.1 Å². The number of aromatic nitrogens is 1. The summed E-state index contributed by atoms with van der Waals surface area (Å²) in [6.45, 7) is 2.44. The van der Waals surface area contributed by atoms with Gasteiger partial charge in [0.2, 0.25) is 5.91 Å². The van der Waals surface area contributed by atoms with E-state index < -0.39 is 22.0 Å². The Hall–Kier alpha value is -3.60. The third-order valence-electron chi connectivity index (χ3n) is 7.96. The van der Waals surface area contributed by atoms with Crippen LogP contribution in [0.1, 0.15) is 40.3 Å². The summed E-state index contributed by atoms with van der Waals surface area (Å²) in [7, 11) is -0.672. The Balaban J connectivity index is 1.34. The summed E-state index contributed by atoms with van der Waals surface area (Å²) in [6.07, 6.45) is 5.58. The maximum absolute atomic E-state index is 12.6. The second-order valence-corrected chi connectivity index (χ2v) is 13.7. The number of ether oxygens (including phenoxy) is 2. The number of hydrogen-bond acceptors (Lipinski definition) is 7. The fourth-order valence-corrected chi connectivity index (χ4v) is 7.89. The van der Waals surface area contributed by atoms with E-state index in [0.717, 1.165) is 41.7 Å². The Kier molecular flexibility index (Phi) is 9.05. The van der Waals surface area contributed by atoms with Crippen molar-refractivity contribution in [2.75, 3.05) is 14.2 Å². The van der Waals surface area contributed by atoms with Gasteiger partial charge in [-0.2, -0.15) is 0 Å². The monoisotopic (exact) mass is 608 g/mol. The molecule has 4 aromatic rings. The van der Waals surface area contributed by atoms with E-state index in [1.165, 1.54) is 17.2 Å². The van der Waals surface area contributed by atoms with Crippen molar-refractivity contribution in [3.05, 3.63) is 100 Å². The fraction of sp³-hybridized carbons (Fsp3) is 0.344. The first kappa shape index (κ1) is 29.9. The number of thiophene rings is 1. The van der Waals surface area contributed by atoms with E-state index in [0.29, 0.717) is 29.5 Å². The Morgan fingerprint density at radius 1 is 1.07 bits per heavy atom. The maximum Gasteiger partial charge on any atom is 0.273 e. The molecule has 8 nitrogen and oxygen atoms in total. The van der Waals surface area contributed by atoms with Crippen LogP contribution in [-0.2, 0) is 40.6 Å². The lowest BCUT2D eigenvalue weighted by atomic mass is 9.85. The van der Waals surface area contributed by atoms with Crippen molar-refractivity contribution in [1.29, 1.82) is 0 Å². The highest BCUT2D eigenvalue weighted by molar-refractivity contribution is 7.92. The molecule has 2 N–H and O–H groups in total. The lowest BCUT2D eigenvalue weighted by Crippen LogP contribution is -2.31. The van der Waals surface area contributed by atoms with Crippen LogP contribution < -0.4 is 14.2 Å². The number of sulfonamides is 1. The molecule has 1 aliphatic rings. The Bertz CT molecular complexity index is 1590. The van der Waals surface area contributed by atoms with Crippen LogP contribution in [0.15, 0.2) is 76.6 Å². The minimum Gasteiger partial charge on any atom is -0.496 e. The van der Waals surface area contributed by atoms with E-state index in [2.05, 4.69) is 29.0 Å². The summed E-state index contributed by atoms with van der Waals surface area (Å²) in [5.74, 6) is 0.957. The zero-order chi connectivity index (χ0) is 29.9. The van der Waals surface area contributed by atoms with Gasteiger partial charge in [0.05, 0.1) is 26.7 Å². The highest BCUT2D eigenvalue weighted by atomic mass is 32.2. The largest absolute Gasteiger partial charge is 0.496 e. The lowest BCUT2D eigenvalue weighted by Gasteiger charge is -2.27. The third-order valence-corrected chi connectivity index (χ3v) is 10.7. The molecule has 10 heteroatoms. The number of aliphatic hydroxyl groups is 1. The molecule has 1 amide bonds. The van der Waals surface area contributed by atoms with Gasteiger partial charge in [-0.15, -0.1) is 11.3 Å². The van der Waals surface area contributed by atoms with Crippen LogP contribution in [0.3, 0.4) is 0 Å². The minimum atomic E-state index is -3.88. The van der Waals surface area contributed by atoms with Crippen LogP contribution in [0.5, 0.6) is 11.5 Å². The number of fused-ring (bicyclic) bond motifs is 1. The molecule has 2 atom stereocenters. The van der Waals surface area contributed by atoms with Crippen molar-refractivity contribution in [2.24, 2.45) is 11.8 Å². The number of aliphatic hydroxyl groups excluding tert-OH is 1. The number of amides is 1. The molecule has 42 heavy (non-hydrogen) atoms. The molecule has 0 aliphatic heterocycles. The summed E-state index contributed by atoms with van der Waals surface area (Å²) < 4.78 is 40.2. The van der Waals surface area contributed by atoms with E-state index >= 15 is 0 Å². The van der Waals surface area contributed by atoms with Gasteiger partial charge in [0.15, 0.2) is 0 Å². The number of hydrogen-bond donors (Lipinski definition) is 2. The third kappa shape index (κ3) is 6.72. The maximum atomic E-state index is 12.6. The molecule has 0 fully saturated rings. The molecule has 0 spiro atoms. The highest BCUT2D eigenvalue weighted by Gasteiger charge is 2.30. The number of carbonyl (C=O) groups is 1. The van der Waals surface area contributed by atoms with Crippen LogP contribution in [0.4, 0.5) is 0 Å². The first-order valence-electron chi connectivity index (χ1n) is 13.9. The van der Waals surface area contributed by atoms with Crippen LogP contribution >= 0.6 is 11.3 Å². The van der Waals surface area contributed by atoms with Gasteiger partial charge in [-0.05, 0) is 84.0 Å². The average molecular weight is 609 g/mol. The lowest BCUT2D eigenvalue weighted by molar-refractivity contribution is -0.118. The summed E-state index contributed by atoms with van der Waals surface area (Å²) in [5, 5.41) is 13.4. The van der Waals surface area contributed by atoms with Crippen molar-refractivity contribution in [3.63, 3.8) is 0 Å². The van der Waals surface area contributed by atoms with Crippen LogP contribution in [0.25, 0.3) is 0 Å². The summed E-state index contributed by atoms with van der Waals surface area (Å²) >= 11 is 1.06. The molecule has 1 aliphatic carbocycles. The topological polar surface area (TPSA) is 107 Å². The van der Waals surface area contributed by atoms with Gasteiger partial charge in [0, 0.05) is 30.4 Å². The molecular formula is C32H36N2O6S2. The van der Waals surface area contributed by atoms with Gasteiger partial charge in [-0.1, -0.05) is 30.3 Å². The Morgan fingerprint density at radius 2 is 1.74 bits per heavy atom. The Morgan fingerprint density at radius 3 is 2.33 bits per heavy atom. The van der Waals surface area contributed by atoms with Gasteiger partial charge in [-0.3, -0.25) is 4.79 Å². The number of nitrogens with one attached hydrogen (secondary N) is 1. The van der Waals surface area contributed by atoms with E-state index in [9.17, 15) is 18.3 Å². The molecule has 0 bridgehead atoms. The molecule has 0 saturated heterocycles. The van der Waals surface area contributed by atoms with E-state index in [1.54, 1.807) is 25.7 Å². The number of nitrogens with zero attached hydrogens (tertiary/aromatic N) is 1.